The molecule has 4 aromatic carbocycles. The molecule has 48 heavy (non-hydrogen) atoms. The Labute approximate surface area is 283 Å². The minimum absolute atomic E-state index is 0.0360. The highest BCUT2D eigenvalue weighted by molar-refractivity contribution is 7.99. The molecule has 1 aliphatic heterocycles. The van der Waals surface area contributed by atoms with Crippen molar-refractivity contribution in [2.45, 2.75) is 49.9 Å². The van der Waals surface area contributed by atoms with Crippen molar-refractivity contribution in [1.82, 2.24) is 10.6 Å². The third kappa shape index (κ3) is 9.45. The number of carbonyl (C=O) groups excluding carboxylic acids is 2. The fourth-order valence-electron chi connectivity index (χ4n) is 5.28. The van der Waals surface area contributed by atoms with Crippen LogP contribution in [0.2, 0.25) is 0 Å². The normalized spacial score (nSPS) is 17.3. The average molecular weight is 671 g/mol. The summed E-state index contributed by atoms with van der Waals surface area (Å²) in [5.74, 6) is -0.815. The summed E-state index contributed by atoms with van der Waals surface area (Å²) in [5, 5.41) is 24.0. The van der Waals surface area contributed by atoms with Gasteiger partial charge in [-0.3, -0.25) is 4.79 Å². The molecule has 1 saturated heterocycles. The molecular formula is C37H38N2O8S. The Kier molecular flexibility index (Phi) is 12.2. The lowest BCUT2D eigenvalue weighted by Gasteiger charge is -2.36. The number of carbonyl (C=O) groups is 3. The molecule has 2 amide bonds. The second-order valence-corrected chi connectivity index (χ2v) is 12.2. The van der Waals surface area contributed by atoms with Crippen molar-refractivity contribution in [3.05, 3.63) is 125 Å². The molecule has 5 rings (SSSR count). The van der Waals surface area contributed by atoms with Gasteiger partial charge >= 0.3 is 18.0 Å². The van der Waals surface area contributed by atoms with Crippen molar-refractivity contribution in [3.8, 4) is 11.1 Å². The molecule has 0 spiro atoms. The van der Waals surface area contributed by atoms with Crippen LogP contribution in [0.4, 0.5) is 4.79 Å². The number of amides is 2. The first-order valence-electron chi connectivity index (χ1n) is 15.6. The number of aliphatic hydroxyl groups excluding tert-OH is 1. The first-order valence-corrected chi connectivity index (χ1v) is 16.6. The van der Waals surface area contributed by atoms with Gasteiger partial charge in [-0.2, -0.15) is 0 Å². The van der Waals surface area contributed by atoms with Gasteiger partial charge in [0.05, 0.1) is 31.0 Å². The van der Waals surface area contributed by atoms with Crippen LogP contribution in [0.25, 0.3) is 11.1 Å². The van der Waals surface area contributed by atoms with E-state index >= 15 is 0 Å². The number of hydrogen-bond acceptors (Lipinski definition) is 8. The zero-order chi connectivity index (χ0) is 33.9. The smallest absolute Gasteiger partial charge is 0.335 e. The number of esters is 1. The number of benzene rings is 4. The third-order valence-corrected chi connectivity index (χ3v) is 8.95. The van der Waals surface area contributed by atoms with Crippen molar-refractivity contribution in [1.29, 1.82) is 0 Å². The summed E-state index contributed by atoms with van der Waals surface area (Å²) >= 11 is 1.60. The second kappa shape index (κ2) is 16.9. The molecule has 0 bridgehead atoms. The molecule has 1 fully saturated rings. The molecule has 11 heteroatoms. The summed E-state index contributed by atoms with van der Waals surface area (Å²) in [6.07, 6.45) is -0.397. The van der Waals surface area contributed by atoms with Crippen molar-refractivity contribution < 1.29 is 38.8 Å². The van der Waals surface area contributed by atoms with Gasteiger partial charge in [-0.05, 0) is 59.0 Å². The standard InChI is InChI=1S/C37H38N2O8S/c1-2-45-34(41)21-39-37(44)38-20-29-5-3-4-6-32(29)25-11-13-28(14-12-25)36-46-30(23-48-31-17-15-27(16-18-31)35(42)43)19-33(47-36)26-9-7-24(22-40)8-10-26/h3-18,30,33,36,40H,2,19-23H2,1H3,(H,42,43)(H2,38,39,44)/t30-,33+,36+/m1/s1. The topological polar surface area (TPSA) is 143 Å². The molecule has 4 aromatic rings. The molecular weight excluding hydrogens is 632 g/mol. The molecule has 250 valence electrons. The number of rotatable bonds is 13. The summed E-state index contributed by atoms with van der Waals surface area (Å²) < 4.78 is 17.8. The lowest BCUT2D eigenvalue weighted by atomic mass is 9.98. The van der Waals surface area contributed by atoms with Gasteiger partial charge in [0.2, 0.25) is 0 Å². The Morgan fingerprint density at radius 2 is 1.58 bits per heavy atom. The molecule has 1 heterocycles. The van der Waals surface area contributed by atoms with Gasteiger partial charge in [0.1, 0.15) is 6.54 Å². The Balaban J connectivity index is 1.28. The van der Waals surface area contributed by atoms with Gasteiger partial charge in [-0.1, -0.05) is 72.8 Å². The number of nitrogens with one attached hydrogen (secondary N) is 2. The number of carboxylic acids is 1. The summed E-state index contributed by atoms with van der Waals surface area (Å²) in [4.78, 5) is 36.0. The Bertz CT molecular complexity index is 1680. The lowest BCUT2D eigenvalue weighted by Crippen LogP contribution is -2.38. The minimum Gasteiger partial charge on any atom is -0.478 e. The number of urea groups is 1. The van der Waals surface area contributed by atoms with Crippen LogP contribution < -0.4 is 10.6 Å². The van der Waals surface area contributed by atoms with E-state index in [4.69, 9.17) is 14.2 Å². The van der Waals surface area contributed by atoms with Crippen LogP contribution in [0.15, 0.2) is 102 Å². The number of thioether (sulfide) groups is 1. The van der Waals surface area contributed by atoms with Crippen molar-refractivity contribution in [3.63, 3.8) is 0 Å². The molecule has 3 atom stereocenters. The van der Waals surface area contributed by atoms with E-state index in [-0.39, 0.29) is 44.1 Å². The Hall–Kier alpha value is -4.68. The van der Waals surface area contributed by atoms with Crippen molar-refractivity contribution >= 4 is 29.7 Å². The third-order valence-electron chi connectivity index (χ3n) is 7.80. The lowest BCUT2D eigenvalue weighted by molar-refractivity contribution is -0.245. The van der Waals surface area contributed by atoms with Crippen LogP contribution in [-0.4, -0.2) is 53.2 Å². The molecule has 0 unspecified atom stereocenters. The highest BCUT2D eigenvalue weighted by Gasteiger charge is 2.32. The summed E-state index contributed by atoms with van der Waals surface area (Å²) in [5.41, 5.74) is 5.71. The maximum Gasteiger partial charge on any atom is 0.335 e. The first kappa shape index (κ1) is 34.6. The van der Waals surface area contributed by atoms with Crippen LogP contribution in [0.3, 0.4) is 0 Å². The number of hydrogen-bond donors (Lipinski definition) is 4. The molecule has 0 radical (unpaired) electrons. The average Bonchev–Trinajstić information content (AvgIpc) is 3.12. The van der Waals surface area contributed by atoms with Crippen molar-refractivity contribution in [2.75, 3.05) is 18.9 Å². The Morgan fingerprint density at radius 3 is 2.27 bits per heavy atom. The van der Waals surface area contributed by atoms with E-state index in [0.717, 1.165) is 38.3 Å². The van der Waals surface area contributed by atoms with Gasteiger partial charge in [0, 0.05) is 29.2 Å². The molecule has 4 N–H and O–H groups in total. The van der Waals surface area contributed by atoms with Gasteiger partial charge in [0.15, 0.2) is 6.29 Å². The fraction of sp³-hybridized carbons (Fsp3) is 0.270. The summed E-state index contributed by atoms with van der Waals surface area (Å²) in [7, 11) is 0. The maximum absolute atomic E-state index is 12.3. The van der Waals surface area contributed by atoms with E-state index in [2.05, 4.69) is 10.6 Å². The number of carboxylic acid groups (broad SMARTS) is 1. The van der Waals surface area contributed by atoms with Gasteiger partial charge < -0.3 is 35.1 Å². The predicted octanol–water partition coefficient (Wildman–Crippen LogP) is 6.24. The van der Waals surface area contributed by atoms with Crippen LogP contribution in [0, 0.1) is 0 Å². The van der Waals surface area contributed by atoms with Crippen LogP contribution in [0.1, 0.15) is 58.4 Å². The monoisotopic (exact) mass is 670 g/mol. The van der Waals surface area contributed by atoms with Crippen LogP contribution >= 0.6 is 11.8 Å². The molecule has 0 aliphatic carbocycles. The fourth-order valence-corrected chi connectivity index (χ4v) is 6.21. The molecule has 0 aromatic heterocycles. The highest BCUT2D eigenvalue weighted by atomic mass is 32.2. The predicted molar refractivity (Wildman–Crippen MR) is 181 cm³/mol. The molecule has 10 nitrogen and oxygen atoms in total. The molecule has 0 saturated carbocycles. The van der Waals surface area contributed by atoms with Crippen LogP contribution in [0.5, 0.6) is 0 Å². The van der Waals surface area contributed by atoms with E-state index in [1.807, 2.05) is 72.8 Å². The number of aliphatic hydroxyl groups is 1. The first-order chi connectivity index (χ1) is 23.3. The summed E-state index contributed by atoms with van der Waals surface area (Å²) in [6.45, 7) is 1.97. The van der Waals surface area contributed by atoms with Crippen LogP contribution in [-0.2, 0) is 32.2 Å². The number of aromatic carboxylic acids is 1. The van der Waals surface area contributed by atoms with E-state index in [9.17, 15) is 24.6 Å². The van der Waals surface area contributed by atoms with Gasteiger partial charge in [-0.15, -0.1) is 11.8 Å². The SMILES string of the molecule is CCOC(=O)CNC(=O)NCc1ccccc1-c1ccc([C@H]2O[C@@H](CSc3ccc(C(=O)O)cc3)C[C@@H](c3ccc(CO)cc3)O2)cc1. The number of ether oxygens (including phenoxy) is 3. The maximum atomic E-state index is 12.3. The molecule has 1 aliphatic rings. The van der Waals surface area contributed by atoms with Gasteiger partial charge in [-0.25, -0.2) is 9.59 Å². The second-order valence-electron chi connectivity index (χ2n) is 11.1. The van der Waals surface area contributed by atoms with Gasteiger partial charge in [0.25, 0.3) is 0 Å². The Morgan fingerprint density at radius 1 is 0.875 bits per heavy atom. The minimum atomic E-state index is -0.960. The quantitative estimate of drug-likeness (QED) is 0.0960. The highest BCUT2D eigenvalue weighted by Crippen LogP contribution is 2.40. The largest absolute Gasteiger partial charge is 0.478 e. The van der Waals surface area contributed by atoms with E-state index in [1.54, 1.807) is 43.0 Å². The van der Waals surface area contributed by atoms with Crippen molar-refractivity contribution in [2.24, 2.45) is 0 Å². The van der Waals surface area contributed by atoms with E-state index in [0.29, 0.717) is 12.2 Å². The zero-order valence-corrected chi connectivity index (χ0v) is 27.3. The van der Waals surface area contributed by atoms with E-state index < -0.39 is 24.3 Å². The van der Waals surface area contributed by atoms with E-state index in [1.165, 1.54) is 0 Å². The zero-order valence-electron chi connectivity index (χ0n) is 26.5. The summed E-state index contributed by atoms with van der Waals surface area (Å²) in [6, 6.07) is 29.8.